The summed E-state index contributed by atoms with van der Waals surface area (Å²) in [6.07, 6.45) is 1.46. The number of carbonyl (C=O) groups is 1. The van der Waals surface area contributed by atoms with E-state index in [0.29, 0.717) is 22.8 Å². The molecule has 0 saturated carbocycles. The third-order valence-corrected chi connectivity index (χ3v) is 3.25. The molecule has 0 aliphatic rings. The van der Waals surface area contributed by atoms with E-state index >= 15 is 0 Å². The van der Waals surface area contributed by atoms with Crippen LogP contribution < -0.4 is 5.32 Å². The number of benzene rings is 1. The van der Waals surface area contributed by atoms with Gasteiger partial charge in [0.05, 0.1) is 6.54 Å². The molecule has 2 aromatic heterocycles. The second-order valence-electron chi connectivity index (χ2n) is 4.66. The lowest BCUT2D eigenvalue weighted by Gasteiger charge is -2.02. The van der Waals surface area contributed by atoms with Crippen molar-refractivity contribution in [2.24, 2.45) is 0 Å². The van der Waals surface area contributed by atoms with Gasteiger partial charge in [0.1, 0.15) is 16.8 Å². The number of aromatic nitrogens is 4. The van der Waals surface area contributed by atoms with Gasteiger partial charge in [0, 0.05) is 17.3 Å². The Balaban J connectivity index is 1.65. The van der Waals surface area contributed by atoms with Crippen molar-refractivity contribution >= 4 is 17.5 Å². The van der Waals surface area contributed by atoms with Gasteiger partial charge in [-0.25, -0.2) is 14.4 Å². The normalized spacial score (nSPS) is 10.5. The van der Waals surface area contributed by atoms with E-state index in [1.807, 2.05) is 0 Å². The molecule has 0 saturated heterocycles. The Hall–Kier alpha value is -2.80. The smallest absolute Gasteiger partial charge is 0.251 e. The molecule has 1 aromatic carbocycles. The summed E-state index contributed by atoms with van der Waals surface area (Å²) in [6.45, 7) is 0.174. The van der Waals surface area contributed by atoms with E-state index in [1.165, 1.54) is 24.4 Å². The first-order valence-corrected chi connectivity index (χ1v) is 7.06. The number of nitrogens with zero attached hydrogens (tertiary/aromatic N) is 3. The number of amides is 1. The van der Waals surface area contributed by atoms with Gasteiger partial charge < -0.3 is 5.32 Å². The molecule has 116 valence electrons. The summed E-state index contributed by atoms with van der Waals surface area (Å²) < 4.78 is 12.9. The molecule has 0 fully saturated rings. The summed E-state index contributed by atoms with van der Waals surface area (Å²) in [4.78, 5) is 20.0. The molecule has 6 nitrogen and oxygen atoms in total. The van der Waals surface area contributed by atoms with Crippen molar-refractivity contribution in [2.45, 2.75) is 6.54 Å². The van der Waals surface area contributed by atoms with Crippen molar-refractivity contribution in [3.8, 4) is 11.4 Å². The molecule has 8 heteroatoms. The van der Waals surface area contributed by atoms with Crippen molar-refractivity contribution in [1.29, 1.82) is 0 Å². The molecule has 0 aliphatic carbocycles. The zero-order valence-corrected chi connectivity index (χ0v) is 12.5. The van der Waals surface area contributed by atoms with E-state index in [-0.39, 0.29) is 23.4 Å². The van der Waals surface area contributed by atoms with Crippen LogP contribution in [0.1, 0.15) is 16.2 Å². The van der Waals surface area contributed by atoms with Gasteiger partial charge in [0.2, 0.25) is 0 Å². The second-order valence-corrected chi connectivity index (χ2v) is 5.05. The molecule has 0 aliphatic heterocycles. The number of halogens is 2. The Morgan fingerprint density at radius 3 is 2.78 bits per heavy atom. The lowest BCUT2D eigenvalue weighted by atomic mass is 10.2. The average molecular weight is 332 g/mol. The SMILES string of the molecule is O=C(NCc1nc(-c2ccc(F)cc2)n[nH]1)c1ccnc(Cl)c1. The van der Waals surface area contributed by atoms with Crippen LogP contribution in [0.5, 0.6) is 0 Å². The third-order valence-electron chi connectivity index (χ3n) is 3.04. The largest absolute Gasteiger partial charge is 0.345 e. The van der Waals surface area contributed by atoms with Crippen molar-refractivity contribution in [1.82, 2.24) is 25.5 Å². The van der Waals surface area contributed by atoms with Crippen LogP contribution in [0.4, 0.5) is 4.39 Å². The minimum Gasteiger partial charge on any atom is -0.345 e. The van der Waals surface area contributed by atoms with Crippen molar-refractivity contribution in [3.05, 3.63) is 65.0 Å². The molecular weight excluding hydrogens is 321 g/mol. The van der Waals surface area contributed by atoms with Crippen LogP contribution in [-0.2, 0) is 6.54 Å². The highest BCUT2D eigenvalue weighted by atomic mass is 35.5. The highest BCUT2D eigenvalue weighted by Gasteiger charge is 2.09. The maximum Gasteiger partial charge on any atom is 0.251 e. The monoisotopic (exact) mass is 331 g/mol. The summed E-state index contributed by atoms with van der Waals surface area (Å²) in [5, 5.41) is 9.71. The van der Waals surface area contributed by atoms with Gasteiger partial charge in [-0.05, 0) is 36.4 Å². The van der Waals surface area contributed by atoms with Crippen molar-refractivity contribution in [2.75, 3.05) is 0 Å². The van der Waals surface area contributed by atoms with Crippen LogP contribution in [0.25, 0.3) is 11.4 Å². The third kappa shape index (κ3) is 3.70. The molecular formula is C15H11ClFN5O. The Kier molecular flexibility index (Phi) is 4.29. The number of carbonyl (C=O) groups excluding carboxylic acids is 1. The number of pyridine rings is 1. The second kappa shape index (κ2) is 6.53. The van der Waals surface area contributed by atoms with Crippen LogP contribution in [0.15, 0.2) is 42.6 Å². The van der Waals surface area contributed by atoms with Crippen LogP contribution >= 0.6 is 11.6 Å². The fourth-order valence-corrected chi connectivity index (χ4v) is 2.09. The Bertz CT molecular complexity index is 834. The highest BCUT2D eigenvalue weighted by Crippen LogP contribution is 2.15. The van der Waals surface area contributed by atoms with Gasteiger partial charge in [-0.3, -0.25) is 9.89 Å². The predicted molar refractivity (Wildman–Crippen MR) is 82.2 cm³/mol. The summed E-state index contributed by atoms with van der Waals surface area (Å²) in [6, 6.07) is 8.87. The summed E-state index contributed by atoms with van der Waals surface area (Å²) >= 11 is 5.74. The zero-order chi connectivity index (χ0) is 16.2. The van der Waals surface area contributed by atoms with Crippen LogP contribution in [0, 0.1) is 5.82 Å². The molecule has 2 heterocycles. The summed E-state index contributed by atoms with van der Waals surface area (Å²) in [5.74, 6) is 0.292. The molecule has 3 aromatic rings. The number of hydrogen-bond acceptors (Lipinski definition) is 4. The molecule has 3 rings (SSSR count). The Labute approximate surface area is 135 Å². The van der Waals surface area contributed by atoms with Gasteiger partial charge in [-0.2, -0.15) is 5.10 Å². The van der Waals surface area contributed by atoms with Gasteiger partial charge in [-0.1, -0.05) is 11.6 Å². The standard InChI is InChI=1S/C15H11ClFN5O/c16-12-7-10(5-6-18-12)15(23)19-8-13-20-14(22-21-13)9-1-3-11(17)4-2-9/h1-7H,8H2,(H,19,23)(H,20,21,22). The number of nitrogens with one attached hydrogen (secondary N) is 2. The Morgan fingerprint density at radius 2 is 2.04 bits per heavy atom. The van der Waals surface area contributed by atoms with Gasteiger partial charge in [0.25, 0.3) is 5.91 Å². The number of H-pyrrole nitrogens is 1. The minimum absolute atomic E-state index is 0.174. The van der Waals surface area contributed by atoms with Crippen molar-refractivity contribution < 1.29 is 9.18 Å². The maximum atomic E-state index is 12.9. The summed E-state index contributed by atoms with van der Waals surface area (Å²) in [7, 11) is 0. The minimum atomic E-state index is -0.326. The zero-order valence-electron chi connectivity index (χ0n) is 11.8. The number of rotatable bonds is 4. The van der Waals surface area contributed by atoms with E-state index in [1.54, 1.807) is 18.2 Å². The molecule has 23 heavy (non-hydrogen) atoms. The van der Waals surface area contributed by atoms with E-state index in [4.69, 9.17) is 11.6 Å². The topological polar surface area (TPSA) is 83.6 Å². The molecule has 2 N–H and O–H groups in total. The highest BCUT2D eigenvalue weighted by molar-refractivity contribution is 6.29. The first-order valence-electron chi connectivity index (χ1n) is 6.69. The number of aromatic amines is 1. The maximum absolute atomic E-state index is 12.9. The van der Waals surface area contributed by atoms with Crippen LogP contribution in [0.3, 0.4) is 0 Å². The first kappa shape index (κ1) is 15.1. The first-order chi connectivity index (χ1) is 11.1. The fraction of sp³-hybridized carbons (Fsp3) is 0.0667. The fourth-order valence-electron chi connectivity index (χ4n) is 1.91. The van der Waals surface area contributed by atoms with Crippen LogP contribution in [-0.4, -0.2) is 26.1 Å². The molecule has 0 spiro atoms. The molecule has 0 bridgehead atoms. The van der Waals surface area contributed by atoms with Crippen molar-refractivity contribution in [3.63, 3.8) is 0 Å². The van der Waals surface area contributed by atoms with E-state index in [0.717, 1.165) is 0 Å². The summed E-state index contributed by atoms with van der Waals surface area (Å²) in [5.41, 5.74) is 1.09. The quantitative estimate of drug-likeness (QED) is 0.720. The lowest BCUT2D eigenvalue weighted by Crippen LogP contribution is -2.23. The van der Waals surface area contributed by atoms with Gasteiger partial charge >= 0.3 is 0 Å². The molecule has 0 unspecified atom stereocenters. The predicted octanol–water partition coefficient (Wildman–Crippen LogP) is 2.59. The molecule has 0 atom stereocenters. The average Bonchev–Trinajstić information content (AvgIpc) is 3.02. The molecule has 1 amide bonds. The van der Waals surface area contributed by atoms with Gasteiger partial charge in [0.15, 0.2) is 5.82 Å². The van der Waals surface area contributed by atoms with E-state index < -0.39 is 0 Å². The van der Waals surface area contributed by atoms with Crippen LogP contribution in [0.2, 0.25) is 5.15 Å². The Morgan fingerprint density at radius 1 is 1.26 bits per heavy atom. The number of hydrogen-bond donors (Lipinski definition) is 2. The molecule has 0 radical (unpaired) electrons. The van der Waals surface area contributed by atoms with E-state index in [9.17, 15) is 9.18 Å². The van der Waals surface area contributed by atoms with E-state index in [2.05, 4.69) is 25.5 Å². The van der Waals surface area contributed by atoms with Gasteiger partial charge in [-0.15, -0.1) is 0 Å². The lowest BCUT2D eigenvalue weighted by molar-refractivity contribution is 0.0950.